The monoisotopic (exact) mass is 429 g/mol. The van der Waals surface area contributed by atoms with Crippen LogP contribution in [0.2, 0.25) is 0 Å². The Bertz CT molecular complexity index is 1070. The van der Waals surface area contributed by atoms with Crippen molar-refractivity contribution in [2.45, 2.75) is 30.8 Å². The van der Waals surface area contributed by atoms with Gasteiger partial charge in [0.1, 0.15) is 19.0 Å². The number of carboxylic acids is 1. The number of nitrogens with zero attached hydrogens (tertiary/aromatic N) is 3. The Kier molecular flexibility index (Phi) is 5.89. The van der Waals surface area contributed by atoms with Gasteiger partial charge >= 0.3 is 12.1 Å². The summed E-state index contributed by atoms with van der Waals surface area (Å²) in [6.45, 7) is 0.573. The van der Waals surface area contributed by atoms with Gasteiger partial charge in [0.2, 0.25) is 0 Å². The summed E-state index contributed by atoms with van der Waals surface area (Å²) in [6, 6.07) is 13.6. The van der Waals surface area contributed by atoms with Gasteiger partial charge in [-0.05, 0) is 24.1 Å². The van der Waals surface area contributed by atoms with Gasteiger partial charge in [-0.2, -0.15) is 0 Å². The molecule has 2 heterocycles. The lowest BCUT2D eigenvalue weighted by atomic mass is 10.1. The number of thioether (sulfide) groups is 1. The Morgan fingerprint density at radius 3 is 2.73 bits per heavy atom. The summed E-state index contributed by atoms with van der Waals surface area (Å²) in [5, 5.41) is 9.71. The van der Waals surface area contributed by atoms with Crippen molar-refractivity contribution in [1.82, 2.24) is 14.5 Å². The predicted molar refractivity (Wildman–Crippen MR) is 110 cm³/mol. The van der Waals surface area contributed by atoms with Gasteiger partial charge in [-0.25, -0.2) is 14.2 Å². The normalized spacial score (nSPS) is 15.8. The highest BCUT2D eigenvalue weighted by atomic mass is 32.2. The molecule has 1 N–H and O–H groups in total. The first kappa shape index (κ1) is 20.2. The fraction of sp³-hybridized carbons (Fsp3) is 0.286. The first-order chi connectivity index (χ1) is 14.5. The van der Waals surface area contributed by atoms with Crippen molar-refractivity contribution in [3.05, 3.63) is 59.9 Å². The molecule has 1 saturated heterocycles. The van der Waals surface area contributed by atoms with E-state index in [0.717, 1.165) is 12.0 Å². The lowest BCUT2D eigenvalue weighted by Gasteiger charge is -2.39. The molecule has 3 aromatic rings. The van der Waals surface area contributed by atoms with Crippen LogP contribution in [0.1, 0.15) is 12.0 Å². The minimum atomic E-state index is -1.00. The molecular weight excluding hydrogens is 409 g/mol. The lowest BCUT2D eigenvalue weighted by molar-refractivity contribution is -0.137. The van der Waals surface area contributed by atoms with E-state index < -0.39 is 11.8 Å². The van der Waals surface area contributed by atoms with Gasteiger partial charge < -0.3 is 19.3 Å². The van der Waals surface area contributed by atoms with Crippen molar-refractivity contribution < 1.29 is 23.8 Å². The molecule has 1 aliphatic heterocycles. The Morgan fingerprint density at radius 1 is 1.23 bits per heavy atom. The molecular formula is C21H20FN3O4S. The number of likely N-dealkylation sites (tertiary alicyclic amines) is 1. The van der Waals surface area contributed by atoms with Crippen molar-refractivity contribution in [3.8, 4) is 0 Å². The molecule has 30 heavy (non-hydrogen) atoms. The summed E-state index contributed by atoms with van der Waals surface area (Å²) in [5.74, 6) is -0.883. The average Bonchev–Trinajstić information content (AvgIpc) is 3.02. The summed E-state index contributed by atoms with van der Waals surface area (Å²) >= 11 is 1.36. The number of aliphatic carboxylic acids is 1. The van der Waals surface area contributed by atoms with Gasteiger partial charge in [-0.15, -0.1) is 0 Å². The molecule has 4 rings (SSSR count). The van der Waals surface area contributed by atoms with Crippen LogP contribution in [-0.4, -0.2) is 50.0 Å². The van der Waals surface area contributed by atoms with Crippen LogP contribution in [0.25, 0.3) is 11.0 Å². The van der Waals surface area contributed by atoms with Crippen molar-refractivity contribution in [2.24, 2.45) is 0 Å². The van der Waals surface area contributed by atoms with E-state index in [4.69, 9.17) is 4.74 Å². The summed E-state index contributed by atoms with van der Waals surface area (Å²) in [5.41, 5.74) is 1.90. The number of hydrogen-bond donors (Lipinski definition) is 1. The van der Waals surface area contributed by atoms with Crippen LogP contribution < -0.4 is 0 Å². The summed E-state index contributed by atoms with van der Waals surface area (Å²) < 4.78 is 20.5. The maximum absolute atomic E-state index is 13.5. The van der Waals surface area contributed by atoms with E-state index >= 15 is 0 Å². The molecule has 2 aromatic carbocycles. The number of aromatic nitrogens is 2. The van der Waals surface area contributed by atoms with E-state index in [0.29, 0.717) is 28.5 Å². The van der Waals surface area contributed by atoms with Crippen molar-refractivity contribution in [3.63, 3.8) is 0 Å². The van der Waals surface area contributed by atoms with Gasteiger partial charge in [0, 0.05) is 24.4 Å². The highest BCUT2D eigenvalue weighted by molar-refractivity contribution is 7.99. The van der Waals surface area contributed by atoms with Crippen molar-refractivity contribution in [1.29, 1.82) is 0 Å². The fourth-order valence-electron chi connectivity index (χ4n) is 3.31. The van der Waals surface area contributed by atoms with Crippen molar-refractivity contribution >= 4 is 34.9 Å². The van der Waals surface area contributed by atoms with Gasteiger partial charge in [0.15, 0.2) is 5.16 Å². The Hall–Kier alpha value is -3.07. The Morgan fingerprint density at radius 2 is 2.03 bits per heavy atom. The first-order valence-corrected chi connectivity index (χ1v) is 10.5. The summed E-state index contributed by atoms with van der Waals surface area (Å²) in [6.07, 6.45) is 0.470. The van der Waals surface area contributed by atoms with Crippen LogP contribution in [-0.2, 0) is 22.7 Å². The number of carbonyl (C=O) groups is 2. The second kappa shape index (κ2) is 8.74. The largest absolute Gasteiger partial charge is 0.480 e. The second-order valence-corrected chi connectivity index (χ2v) is 7.98. The molecule has 0 bridgehead atoms. The number of fused-ring (bicyclic) bond motifs is 1. The summed E-state index contributed by atoms with van der Waals surface area (Å²) in [7, 11) is 0. The van der Waals surface area contributed by atoms with Crippen LogP contribution in [0.4, 0.5) is 9.18 Å². The molecule has 0 spiro atoms. The van der Waals surface area contributed by atoms with E-state index in [-0.39, 0.29) is 25.3 Å². The molecule has 1 aromatic heterocycles. The number of rotatable bonds is 7. The van der Waals surface area contributed by atoms with E-state index in [9.17, 15) is 19.1 Å². The van der Waals surface area contributed by atoms with E-state index in [1.165, 1.54) is 30.0 Å². The molecule has 0 radical (unpaired) electrons. The van der Waals surface area contributed by atoms with Crippen LogP contribution in [0, 0.1) is 5.82 Å². The maximum atomic E-state index is 13.5. The number of hydrogen-bond acceptors (Lipinski definition) is 5. The van der Waals surface area contributed by atoms with E-state index in [1.807, 2.05) is 30.3 Å². The Balaban J connectivity index is 1.40. The van der Waals surface area contributed by atoms with Crippen molar-refractivity contribution in [2.75, 3.05) is 12.3 Å². The third-order valence-corrected chi connectivity index (χ3v) is 6.08. The van der Waals surface area contributed by atoms with Gasteiger partial charge in [-0.1, -0.05) is 42.1 Å². The summed E-state index contributed by atoms with van der Waals surface area (Å²) in [4.78, 5) is 29.7. The molecule has 7 nitrogen and oxygen atoms in total. The number of benzene rings is 2. The van der Waals surface area contributed by atoms with Gasteiger partial charge in [0.05, 0.1) is 11.0 Å². The third kappa shape index (κ3) is 4.40. The fourth-order valence-corrected chi connectivity index (χ4v) is 4.48. The number of halogens is 1. The highest BCUT2D eigenvalue weighted by Gasteiger charge is 2.33. The maximum Gasteiger partial charge on any atom is 0.410 e. The molecule has 1 amide bonds. The van der Waals surface area contributed by atoms with Crippen LogP contribution >= 0.6 is 11.8 Å². The average molecular weight is 429 g/mol. The molecule has 0 aliphatic carbocycles. The molecule has 1 fully saturated rings. The smallest absolute Gasteiger partial charge is 0.410 e. The number of carbonyl (C=O) groups excluding carboxylic acids is 1. The predicted octanol–water partition coefficient (Wildman–Crippen LogP) is 3.76. The molecule has 0 saturated carbocycles. The van der Waals surface area contributed by atoms with Gasteiger partial charge in [0.25, 0.3) is 0 Å². The number of carboxylic acid groups (broad SMARTS) is 1. The van der Waals surface area contributed by atoms with Crippen LogP contribution in [0.5, 0.6) is 0 Å². The molecule has 1 unspecified atom stereocenters. The second-order valence-electron chi connectivity index (χ2n) is 6.99. The minimum absolute atomic E-state index is 0.0203. The number of amides is 1. The first-order valence-electron chi connectivity index (χ1n) is 9.49. The SMILES string of the molecule is O=C(O)Cn1c(SCC2CCN2C(=O)OCc2ccccc2)nc2cc(F)ccc21. The van der Waals surface area contributed by atoms with Gasteiger partial charge in [-0.3, -0.25) is 4.79 Å². The zero-order chi connectivity index (χ0) is 21.1. The van der Waals surface area contributed by atoms with E-state index in [1.54, 1.807) is 9.47 Å². The third-order valence-electron chi connectivity index (χ3n) is 4.96. The number of ether oxygens (including phenoxy) is 1. The van der Waals surface area contributed by atoms with Crippen LogP contribution in [0.3, 0.4) is 0 Å². The minimum Gasteiger partial charge on any atom is -0.480 e. The molecule has 9 heteroatoms. The quantitative estimate of drug-likeness (QED) is 0.576. The lowest BCUT2D eigenvalue weighted by Crippen LogP contribution is -2.52. The van der Waals surface area contributed by atoms with Crippen LogP contribution in [0.15, 0.2) is 53.7 Å². The standard InChI is InChI=1S/C21H20FN3O4S/c22-15-6-7-18-17(10-15)23-20(25(18)11-19(26)27)30-13-16-8-9-24(16)21(28)29-12-14-4-2-1-3-5-14/h1-7,10,16H,8-9,11-13H2,(H,26,27). The van der Waals surface area contributed by atoms with E-state index in [2.05, 4.69) is 4.98 Å². The Labute approximate surface area is 176 Å². The molecule has 156 valence electrons. The highest BCUT2D eigenvalue weighted by Crippen LogP contribution is 2.29. The topological polar surface area (TPSA) is 84.7 Å². The molecule has 1 atom stereocenters. The zero-order valence-electron chi connectivity index (χ0n) is 16.0. The zero-order valence-corrected chi connectivity index (χ0v) is 16.8. The number of imidazole rings is 1. The molecule has 1 aliphatic rings.